The molecule has 3 aromatic rings. The predicted molar refractivity (Wildman–Crippen MR) is 153 cm³/mol. The maximum Gasteiger partial charge on any atom is 0.259 e. The molecule has 0 saturated carbocycles. The van der Waals surface area contributed by atoms with Gasteiger partial charge in [0.2, 0.25) is 0 Å². The SMILES string of the molecule is CCOc1c(Br)cc(C=Nc2sc3c(c2C(=O)Nc2ccccc2)CC[C@H](C(C)(C)C)C3)cc1OC. The van der Waals surface area contributed by atoms with Crippen LogP contribution < -0.4 is 14.8 Å². The molecule has 4 rings (SSSR count). The van der Waals surface area contributed by atoms with Gasteiger partial charge in [-0.1, -0.05) is 39.0 Å². The number of anilines is 1. The molecule has 0 fully saturated rings. The zero-order valence-corrected chi connectivity index (χ0v) is 23.9. The molecule has 0 saturated heterocycles. The molecule has 1 aromatic heterocycles. The smallest absolute Gasteiger partial charge is 0.259 e. The van der Waals surface area contributed by atoms with Gasteiger partial charge in [-0.15, -0.1) is 11.3 Å². The van der Waals surface area contributed by atoms with Gasteiger partial charge in [0, 0.05) is 16.8 Å². The Kier molecular flexibility index (Phi) is 8.20. The van der Waals surface area contributed by atoms with E-state index in [1.807, 2.05) is 49.4 Å². The molecule has 0 unspecified atom stereocenters. The van der Waals surface area contributed by atoms with E-state index in [0.29, 0.717) is 29.6 Å². The number of benzene rings is 2. The summed E-state index contributed by atoms with van der Waals surface area (Å²) in [5.74, 6) is 1.77. The summed E-state index contributed by atoms with van der Waals surface area (Å²) in [6.45, 7) is 9.38. The Hall–Kier alpha value is -2.64. The van der Waals surface area contributed by atoms with Crippen LogP contribution in [0.15, 0.2) is 51.9 Å². The highest BCUT2D eigenvalue weighted by Crippen LogP contribution is 2.45. The number of amides is 1. The van der Waals surface area contributed by atoms with Crippen LogP contribution in [0, 0.1) is 11.3 Å². The zero-order chi connectivity index (χ0) is 25.9. The van der Waals surface area contributed by atoms with Crippen molar-refractivity contribution in [3.05, 3.63) is 68.5 Å². The highest BCUT2D eigenvalue weighted by Gasteiger charge is 2.33. The van der Waals surface area contributed by atoms with Gasteiger partial charge in [-0.05, 0) is 88.8 Å². The number of carbonyl (C=O) groups excluding carboxylic acids is 1. The zero-order valence-electron chi connectivity index (χ0n) is 21.5. The standard InChI is InChI=1S/C29H33BrN2O3S/c1-6-35-26-22(30)14-18(15-23(26)34-5)17-31-28-25(27(33)32-20-10-8-7-9-11-20)21-13-12-19(29(2,3)4)16-24(21)36-28/h7-11,14-15,17,19H,6,12-13,16H2,1-5H3,(H,32,33)/t19-/m0/s1. The second-order valence-electron chi connectivity index (χ2n) is 10.0. The molecule has 1 aliphatic carbocycles. The van der Waals surface area contributed by atoms with Gasteiger partial charge in [0.1, 0.15) is 5.00 Å². The van der Waals surface area contributed by atoms with Crippen molar-refractivity contribution in [2.45, 2.75) is 47.0 Å². The summed E-state index contributed by atoms with van der Waals surface area (Å²) in [5.41, 5.74) is 3.70. The summed E-state index contributed by atoms with van der Waals surface area (Å²) in [4.78, 5) is 19.6. The first-order valence-corrected chi connectivity index (χ1v) is 13.9. The first kappa shape index (κ1) is 26.4. The van der Waals surface area contributed by atoms with E-state index in [1.54, 1.807) is 24.7 Å². The molecule has 1 amide bonds. The minimum atomic E-state index is -0.106. The summed E-state index contributed by atoms with van der Waals surface area (Å²) < 4.78 is 12.0. The average molecular weight is 570 g/mol. The molecule has 5 nitrogen and oxygen atoms in total. The van der Waals surface area contributed by atoms with Gasteiger partial charge in [0.05, 0.1) is 23.8 Å². The van der Waals surface area contributed by atoms with Gasteiger partial charge >= 0.3 is 0 Å². The third-order valence-corrected chi connectivity index (χ3v) is 8.35. The Labute approximate surface area is 226 Å². The van der Waals surface area contributed by atoms with Crippen molar-refractivity contribution >= 4 is 50.1 Å². The largest absolute Gasteiger partial charge is 0.493 e. The Morgan fingerprint density at radius 1 is 1.25 bits per heavy atom. The Morgan fingerprint density at radius 2 is 2.00 bits per heavy atom. The van der Waals surface area contributed by atoms with Crippen molar-refractivity contribution in [3.63, 3.8) is 0 Å². The minimum absolute atomic E-state index is 0.106. The molecule has 7 heteroatoms. The molecular formula is C29H33BrN2O3S. The third kappa shape index (κ3) is 5.84. The fraction of sp³-hybridized carbons (Fsp3) is 0.379. The molecule has 36 heavy (non-hydrogen) atoms. The number of rotatable bonds is 7. The van der Waals surface area contributed by atoms with Crippen molar-refractivity contribution in [2.75, 3.05) is 19.0 Å². The lowest BCUT2D eigenvalue weighted by atomic mass is 9.72. The van der Waals surface area contributed by atoms with Crippen molar-refractivity contribution in [3.8, 4) is 11.5 Å². The summed E-state index contributed by atoms with van der Waals surface area (Å²) in [5, 5.41) is 3.82. The summed E-state index contributed by atoms with van der Waals surface area (Å²) in [6, 6.07) is 13.4. The van der Waals surface area contributed by atoms with Gasteiger partial charge in [-0.2, -0.15) is 0 Å². The van der Waals surface area contributed by atoms with E-state index < -0.39 is 0 Å². The number of aliphatic imine (C=N–C) groups is 1. The number of ether oxygens (including phenoxy) is 2. The van der Waals surface area contributed by atoms with Crippen molar-refractivity contribution < 1.29 is 14.3 Å². The number of nitrogens with one attached hydrogen (secondary N) is 1. The average Bonchev–Trinajstić information content (AvgIpc) is 3.22. The monoisotopic (exact) mass is 568 g/mol. The van der Waals surface area contributed by atoms with E-state index in [1.165, 1.54) is 4.88 Å². The number of thiophene rings is 1. The van der Waals surface area contributed by atoms with Gasteiger partial charge in [-0.25, -0.2) is 4.99 Å². The number of halogens is 1. The second-order valence-corrected chi connectivity index (χ2v) is 12.0. The first-order valence-electron chi connectivity index (χ1n) is 12.3. The van der Waals surface area contributed by atoms with E-state index in [9.17, 15) is 4.79 Å². The lowest BCUT2D eigenvalue weighted by Gasteiger charge is -2.33. The van der Waals surface area contributed by atoms with Crippen LogP contribution in [0.4, 0.5) is 10.7 Å². The number of para-hydroxylation sites is 1. The van der Waals surface area contributed by atoms with Gasteiger partial charge < -0.3 is 14.8 Å². The molecular weight excluding hydrogens is 536 g/mol. The maximum absolute atomic E-state index is 13.5. The normalized spacial score (nSPS) is 15.6. The third-order valence-electron chi connectivity index (χ3n) is 6.60. The van der Waals surface area contributed by atoms with Gasteiger partial charge in [0.15, 0.2) is 11.5 Å². The highest BCUT2D eigenvalue weighted by atomic mass is 79.9. The van der Waals surface area contributed by atoms with Crippen LogP contribution >= 0.6 is 27.3 Å². The Morgan fingerprint density at radius 3 is 2.67 bits per heavy atom. The van der Waals surface area contributed by atoms with E-state index in [2.05, 4.69) is 42.0 Å². The molecule has 0 bridgehead atoms. The van der Waals surface area contributed by atoms with E-state index in [-0.39, 0.29) is 11.3 Å². The van der Waals surface area contributed by atoms with Crippen LogP contribution in [-0.4, -0.2) is 25.8 Å². The van der Waals surface area contributed by atoms with Crippen LogP contribution in [0.2, 0.25) is 0 Å². The van der Waals surface area contributed by atoms with Crippen LogP contribution in [0.5, 0.6) is 11.5 Å². The van der Waals surface area contributed by atoms with Gasteiger partial charge in [-0.3, -0.25) is 4.79 Å². The van der Waals surface area contributed by atoms with Crippen molar-refractivity contribution in [2.24, 2.45) is 16.3 Å². The molecule has 1 aliphatic rings. The summed E-state index contributed by atoms with van der Waals surface area (Å²) in [7, 11) is 1.62. The van der Waals surface area contributed by atoms with Crippen LogP contribution in [-0.2, 0) is 12.8 Å². The van der Waals surface area contributed by atoms with Crippen LogP contribution in [0.25, 0.3) is 0 Å². The van der Waals surface area contributed by atoms with Crippen molar-refractivity contribution in [1.82, 2.24) is 0 Å². The molecule has 1 heterocycles. The lowest BCUT2D eigenvalue weighted by Crippen LogP contribution is -2.27. The molecule has 190 valence electrons. The quantitative estimate of drug-likeness (QED) is 0.293. The van der Waals surface area contributed by atoms with Crippen LogP contribution in [0.3, 0.4) is 0 Å². The number of methoxy groups -OCH3 is 1. The molecule has 1 atom stereocenters. The fourth-order valence-corrected chi connectivity index (χ4v) is 6.43. The van der Waals surface area contributed by atoms with Crippen molar-refractivity contribution in [1.29, 1.82) is 0 Å². The number of hydrogen-bond donors (Lipinski definition) is 1. The molecule has 0 radical (unpaired) electrons. The van der Waals surface area contributed by atoms with Gasteiger partial charge in [0.25, 0.3) is 5.91 Å². The molecule has 2 aromatic carbocycles. The molecule has 1 N–H and O–H groups in total. The highest BCUT2D eigenvalue weighted by molar-refractivity contribution is 9.10. The first-order chi connectivity index (χ1) is 17.2. The maximum atomic E-state index is 13.5. The number of hydrogen-bond acceptors (Lipinski definition) is 5. The molecule has 0 spiro atoms. The van der Waals surface area contributed by atoms with Crippen LogP contribution in [0.1, 0.15) is 60.5 Å². The Bertz CT molecular complexity index is 1260. The minimum Gasteiger partial charge on any atom is -0.493 e. The number of carbonyl (C=O) groups is 1. The predicted octanol–water partition coefficient (Wildman–Crippen LogP) is 8.07. The lowest BCUT2D eigenvalue weighted by molar-refractivity contribution is 0.102. The second kappa shape index (κ2) is 11.2. The number of fused-ring (bicyclic) bond motifs is 1. The topological polar surface area (TPSA) is 59.9 Å². The van der Waals surface area contributed by atoms with E-state index in [4.69, 9.17) is 14.5 Å². The Balaban J connectivity index is 1.71. The fourth-order valence-electron chi connectivity index (χ4n) is 4.58. The number of nitrogens with zero attached hydrogens (tertiary/aromatic N) is 1. The summed E-state index contributed by atoms with van der Waals surface area (Å²) >= 11 is 5.22. The molecule has 0 aliphatic heterocycles. The van der Waals surface area contributed by atoms with E-state index >= 15 is 0 Å². The summed E-state index contributed by atoms with van der Waals surface area (Å²) in [6.07, 6.45) is 4.74. The van der Waals surface area contributed by atoms with E-state index in [0.717, 1.165) is 45.6 Å².